The molecule has 42 heavy (non-hydrogen) atoms. The van der Waals surface area contributed by atoms with Gasteiger partial charge in [-0.25, -0.2) is 0 Å². The molecule has 0 saturated carbocycles. The second-order valence-electron chi connectivity index (χ2n) is 10.7. The lowest BCUT2D eigenvalue weighted by atomic mass is 9.96. The number of para-hydroxylation sites is 2. The first-order valence-electron chi connectivity index (χ1n) is 14.1. The molecule has 0 spiro atoms. The Kier molecular flexibility index (Phi) is 4.87. The summed E-state index contributed by atoms with van der Waals surface area (Å²) in [5, 5.41) is 15.0. The standard InChI is InChI=1S/C38H23N3O/c1-2-10-24(11-3-1)37-39-40-38-32-16-5-4-14-29(32)33-23-26(20-21-34(33)41(37)38)25-12-8-13-27(22-25)28-17-9-18-31-30-15-6-7-19-35(30)42-36(28)31/h1-23H. The first-order chi connectivity index (χ1) is 20.8. The molecule has 0 aliphatic rings. The number of hydrogen-bond acceptors (Lipinski definition) is 3. The number of benzene rings is 6. The highest BCUT2D eigenvalue weighted by Crippen LogP contribution is 2.38. The van der Waals surface area contributed by atoms with Gasteiger partial charge in [0.05, 0.1) is 5.52 Å². The molecule has 0 fully saturated rings. The number of rotatable bonds is 3. The van der Waals surface area contributed by atoms with Gasteiger partial charge in [0.2, 0.25) is 0 Å². The van der Waals surface area contributed by atoms with Crippen molar-refractivity contribution in [2.24, 2.45) is 0 Å². The highest BCUT2D eigenvalue weighted by atomic mass is 16.3. The van der Waals surface area contributed by atoms with Gasteiger partial charge in [0.1, 0.15) is 11.2 Å². The van der Waals surface area contributed by atoms with Crippen molar-refractivity contribution < 1.29 is 4.42 Å². The van der Waals surface area contributed by atoms with Crippen molar-refractivity contribution in [1.82, 2.24) is 14.6 Å². The fourth-order valence-corrected chi connectivity index (χ4v) is 6.34. The number of nitrogens with zero attached hydrogens (tertiary/aromatic N) is 3. The first-order valence-corrected chi connectivity index (χ1v) is 14.1. The van der Waals surface area contributed by atoms with Crippen LogP contribution < -0.4 is 0 Å². The fraction of sp³-hybridized carbons (Fsp3) is 0. The van der Waals surface area contributed by atoms with Crippen LogP contribution in [-0.2, 0) is 0 Å². The molecule has 0 aliphatic carbocycles. The molecule has 196 valence electrons. The van der Waals surface area contributed by atoms with Crippen LogP contribution in [-0.4, -0.2) is 14.6 Å². The Morgan fingerprint density at radius 2 is 1.14 bits per heavy atom. The Morgan fingerprint density at radius 1 is 0.452 bits per heavy atom. The monoisotopic (exact) mass is 537 g/mol. The molecule has 9 rings (SSSR count). The summed E-state index contributed by atoms with van der Waals surface area (Å²) in [4.78, 5) is 0. The number of hydrogen-bond donors (Lipinski definition) is 0. The van der Waals surface area contributed by atoms with Crippen molar-refractivity contribution in [1.29, 1.82) is 0 Å². The summed E-state index contributed by atoms with van der Waals surface area (Å²) in [6, 6.07) is 48.8. The molecule has 0 aliphatic heterocycles. The third-order valence-electron chi connectivity index (χ3n) is 8.30. The van der Waals surface area contributed by atoms with Gasteiger partial charge in [0.25, 0.3) is 0 Å². The summed E-state index contributed by atoms with van der Waals surface area (Å²) in [7, 11) is 0. The van der Waals surface area contributed by atoms with Gasteiger partial charge in [0.15, 0.2) is 11.5 Å². The molecule has 0 radical (unpaired) electrons. The van der Waals surface area contributed by atoms with Crippen LogP contribution in [0.5, 0.6) is 0 Å². The smallest absolute Gasteiger partial charge is 0.169 e. The van der Waals surface area contributed by atoms with E-state index in [4.69, 9.17) is 4.42 Å². The number of pyridine rings is 1. The van der Waals surface area contributed by atoms with Crippen LogP contribution >= 0.6 is 0 Å². The molecule has 0 N–H and O–H groups in total. The van der Waals surface area contributed by atoms with Crippen LogP contribution in [0.3, 0.4) is 0 Å². The van der Waals surface area contributed by atoms with Gasteiger partial charge >= 0.3 is 0 Å². The van der Waals surface area contributed by atoms with Gasteiger partial charge in [-0.05, 0) is 46.3 Å². The maximum atomic E-state index is 6.36. The predicted octanol–water partition coefficient (Wildman–Crippen LogP) is 9.94. The third-order valence-corrected chi connectivity index (χ3v) is 8.30. The second kappa shape index (κ2) is 8.88. The molecule has 6 aromatic carbocycles. The molecule has 3 aromatic heterocycles. The third kappa shape index (κ3) is 3.36. The summed E-state index contributed by atoms with van der Waals surface area (Å²) in [6.45, 7) is 0. The van der Waals surface area contributed by atoms with E-state index >= 15 is 0 Å². The van der Waals surface area contributed by atoms with Crippen molar-refractivity contribution in [3.63, 3.8) is 0 Å². The minimum atomic E-state index is 0.843. The average molecular weight is 538 g/mol. The van der Waals surface area contributed by atoms with Crippen LogP contribution in [0, 0.1) is 0 Å². The summed E-state index contributed by atoms with van der Waals surface area (Å²) in [5.74, 6) is 0.843. The lowest BCUT2D eigenvalue weighted by Crippen LogP contribution is -1.95. The lowest BCUT2D eigenvalue weighted by Gasteiger charge is -2.12. The van der Waals surface area contributed by atoms with E-state index in [0.717, 1.165) is 82.9 Å². The van der Waals surface area contributed by atoms with Gasteiger partial charge in [-0.15, -0.1) is 10.2 Å². The van der Waals surface area contributed by atoms with Crippen molar-refractivity contribution in [3.8, 4) is 33.6 Å². The zero-order valence-electron chi connectivity index (χ0n) is 22.5. The molecule has 0 saturated heterocycles. The minimum absolute atomic E-state index is 0.843. The molecule has 3 heterocycles. The van der Waals surface area contributed by atoms with Gasteiger partial charge < -0.3 is 4.42 Å². The number of fused-ring (bicyclic) bond motifs is 9. The maximum absolute atomic E-state index is 6.36. The highest BCUT2D eigenvalue weighted by Gasteiger charge is 2.17. The Hall–Kier alpha value is -5.74. The zero-order valence-corrected chi connectivity index (χ0v) is 22.5. The number of furan rings is 1. The first kappa shape index (κ1) is 23.0. The summed E-state index contributed by atoms with van der Waals surface area (Å²) >= 11 is 0. The fourth-order valence-electron chi connectivity index (χ4n) is 6.34. The van der Waals surface area contributed by atoms with Crippen molar-refractivity contribution >= 4 is 49.3 Å². The van der Waals surface area contributed by atoms with E-state index in [-0.39, 0.29) is 0 Å². The minimum Gasteiger partial charge on any atom is -0.455 e. The molecule has 0 amide bonds. The molecular formula is C38H23N3O. The van der Waals surface area contributed by atoms with Crippen LogP contribution in [0.25, 0.3) is 82.9 Å². The second-order valence-corrected chi connectivity index (χ2v) is 10.7. The quantitative estimate of drug-likeness (QED) is 0.211. The van der Waals surface area contributed by atoms with E-state index in [1.807, 2.05) is 30.3 Å². The Labute approximate surface area is 241 Å². The van der Waals surface area contributed by atoms with Crippen LogP contribution in [0.4, 0.5) is 0 Å². The normalized spacial score (nSPS) is 11.8. The predicted molar refractivity (Wildman–Crippen MR) is 172 cm³/mol. The van der Waals surface area contributed by atoms with E-state index in [1.165, 1.54) is 0 Å². The molecular weight excluding hydrogens is 514 g/mol. The van der Waals surface area contributed by atoms with E-state index in [0.29, 0.717) is 0 Å². The zero-order chi connectivity index (χ0) is 27.6. The summed E-state index contributed by atoms with van der Waals surface area (Å²) in [6.07, 6.45) is 0. The van der Waals surface area contributed by atoms with E-state index in [1.54, 1.807) is 0 Å². The highest BCUT2D eigenvalue weighted by molar-refractivity contribution is 6.13. The summed E-state index contributed by atoms with van der Waals surface area (Å²) < 4.78 is 8.55. The Morgan fingerprint density at radius 3 is 2.05 bits per heavy atom. The molecule has 4 nitrogen and oxygen atoms in total. The number of aromatic nitrogens is 3. The lowest BCUT2D eigenvalue weighted by molar-refractivity contribution is 0.670. The van der Waals surface area contributed by atoms with Crippen molar-refractivity contribution in [2.45, 2.75) is 0 Å². The van der Waals surface area contributed by atoms with E-state index in [2.05, 4.69) is 124 Å². The Balaban J connectivity index is 1.26. The van der Waals surface area contributed by atoms with Gasteiger partial charge in [-0.2, -0.15) is 0 Å². The molecule has 0 unspecified atom stereocenters. The molecule has 4 heteroatoms. The van der Waals surface area contributed by atoms with E-state index in [9.17, 15) is 0 Å². The molecule has 9 aromatic rings. The van der Waals surface area contributed by atoms with Crippen LogP contribution in [0.15, 0.2) is 144 Å². The molecule has 0 bridgehead atoms. The molecule has 0 atom stereocenters. The van der Waals surface area contributed by atoms with Crippen molar-refractivity contribution in [2.75, 3.05) is 0 Å². The van der Waals surface area contributed by atoms with Gasteiger partial charge in [-0.3, -0.25) is 4.40 Å². The SMILES string of the molecule is c1ccc(-c2nnc3c4ccccc4c4cc(-c5cccc(-c6cccc7c6oc6ccccc67)c5)ccc4n23)cc1. The van der Waals surface area contributed by atoms with Crippen LogP contribution in [0.2, 0.25) is 0 Å². The van der Waals surface area contributed by atoms with E-state index < -0.39 is 0 Å². The van der Waals surface area contributed by atoms with Gasteiger partial charge in [0, 0.05) is 32.7 Å². The van der Waals surface area contributed by atoms with Gasteiger partial charge in [-0.1, -0.05) is 115 Å². The summed E-state index contributed by atoms with van der Waals surface area (Å²) in [5.41, 5.74) is 9.34. The largest absolute Gasteiger partial charge is 0.455 e. The topological polar surface area (TPSA) is 43.3 Å². The Bertz CT molecular complexity index is 2470. The van der Waals surface area contributed by atoms with Crippen LogP contribution in [0.1, 0.15) is 0 Å². The maximum Gasteiger partial charge on any atom is 0.169 e. The van der Waals surface area contributed by atoms with Crippen molar-refractivity contribution in [3.05, 3.63) is 140 Å². The average Bonchev–Trinajstić information content (AvgIpc) is 3.68.